The standard InChI is InChI=1S/C25H42NO8/c1-9-24(7,20(29)33-18-16-11-10-15(12-16)17(18)26(31)32)14-25(8,13-23(5,6)19(27)28)21(30)34-22(2,3)4/h15-18,31H,9-14H2,1-8H3,(H,27,28)/q-1. The predicted molar refractivity (Wildman–Crippen MR) is 124 cm³/mol. The Hall–Kier alpha value is -1.71. The van der Waals surface area contributed by atoms with Gasteiger partial charge in [0.15, 0.2) is 0 Å². The zero-order chi connectivity index (χ0) is 26.3. The van der Waals surface area contributed by atoms with Crippen LogP contribution in [-0.2, 0) is 23.9 Å². The lowest BCUT2D eigenvalue weighted by molar-refractivity contribution is -0.185. The summed E-state index contributed by atoms with van der Waals surface area (Å²) in [5.74, 6) is -2.16. The number of carbonyl (C=O) groups excluding carboxylic acids is 2. The van der Waals surface area contributed by atoms with Crippen LogP contribution in [-0.4, -0.2) is 51.2 Å². The van der Waals surface area contributed by atoms with E-state index in [9.17, 15) is 29.9 Å². The van der Waals surface area contributed by atoms with Crippen molar-refractivity contribution >= 4 is 17.9 Å². The van der Waals surface area contributed by atoms with Crippen LogP contribution in [0.25, 0.3) is 0 Å². The molecule has 2 rings (SSSR count). The molecule has 2 bridgehead atoms. The Bertz CT molecular complexity index is 788. The summed E-state index contributed by atoms with van der Waals surface area (Å²) in [4.78, 5) is 38.7. The molecule has 0 amide bonds. The highest BCUT2D eigenvalue weighted by Gasteiger charge is 2.54. The first-order valence-corrected chi connectivity index (χ1v) is 12.2. The molecule has 0 radical (unpaired) electrons. The summed E-state index contributed by atoms with van der Waals surface area (Å²) in [6.45, 7) is 13.4. The first kappa shape index (κ1) is 28.5. The first-order valence-electron chi connectivity index (χ1n) is 12.2. The zero-order valence-electron chi connectivity index (χ0n) is 21.8. The van der Waals surface area contributed by atoms with E-state index in [1.807, 2.05) is 6.92 Å². The molecule has 0 aromatic carbocycles. The van der Waals surface area contributed by atoms with Gasteiger partial charge in [-0.3, -0.25) is 19.6 Å². The lowest BCUT2D eigenvalue weighted by Gasteiger charge is -2.42. The van der Waals surface area contributed by atoms with Crippen molar-refractivity contribution in [2.24, 2.45) is 28.1 Å². The highest BCUT2D eigenvalue weighted by atomic mass is 16.8. The van der Waals surface area contributed by atoms with Gasteiger partial charge < -0.3 is 25.0 Å². The second kappa shape index (κ2) is 9.74. The van der Waals surface area contributed by atoms with E-state index in [1.165, 1.54) is 0 Å². The van der Waals surface area contributed by atoms with Crippen LogP contribution in [0.15, 0.2) is 0 Å². The number of carboxylic acids is 1. The molecule has 0 aliphatic heterocycles. The van der Waals surface area contributed by atoms with E-state index in [0.29, 0.717) is 6.42 Å². The van der Waals surface area contributed by atoms with Gasteiger partial charge in [-0.05, 0) is 98.8 Å². The largest absolute Gasteiger partial charge is 0.762 e. The maximum absolute atomic E-state index is 13.5. The third-order valence-electron chi connectivity index (χ3n) is 7.65. The van der Waals surface area contributed by atoms with Gasteiger partial charge in [0.05, 0.1) is 22.3 Å². The molecule has 9 heteroatoms. The molecule has 0 heterocycles. The fraction of sp³-hybridized carbons (Fsp3) is 0.880. The number of hydrogen-bond acceptors (Lipinski definition) is 8. The fourth-order valence-electron chi connectivity index (χ4n) is 5.81. The molecule has 6 unspecified atom stereocenters. The summed E-state index contributed by atoms with van der Waals surface area (Å²) in [5.41, 5.74) is -4.44. The van der Waals surface area contributed by atoms with Crippen LogP contribution in [0.1, 0.15) is 93.9 Å². The minimum atomic E-state index is -1.28. The van der Waals surface area contributed by atoms with Gasteiger partial charge in [-0.2, -0.15) is 0 Å². The van der Waals surface area contributed by atoms with Crippen molar-refractivity contribution in [3.05, 3.63) is 5.21 Å². The van der Waals surface area contributed by atoms with Crippen molar-refractivity contribution in [1.82, 2.24) is 5.23 Å². The lowest BCUT2D eigenvalue weighted by Crippen LogP contribution is -2.49. The molecule has 34 heavy (non-hydrogen) atoms. The maximum Gasteiger partial charge on any atom is 0.312 e. The smallest absolute Gasteiger partial charge is 0.312 e. The third kappa shape index (κ3) is 6.10. The summed E-state index contributed by atoms with van der Waals surface area (Å²) in [6.07, 6.45) is 1.99. The Balaban J connectivity index is 2.33. The zero-order valence-corrected chi connectivity index (χ0v) is 21.8. The number of fused-ring (bicyclic) bond motifs is 2. The van der Waals surface area contributed by atoms with Crippen LogP contribution in [0.5, 0.6) is 0 Å². The molecule has 196 valence electrons. The molecule has 6 atom stereocenters. The van der Waals surface area contributed by atoms with E-state index >= 15 is 0 Å². The minimum Gasteiger partial charge on any atom is -0.762 e. The summed E-state index contributed by atoms with van der Waals surface area (Å²) in [6, 6.07) is -0.785. The number of hydrogen-bond donors (Lipinski definition) is 2. The molecular formula is C25H42NO8-. The van der Waals surface area contributed by atoms with Gasteiger partial charge in [0.25, 0.3) is 0 Å². The van der Waals surface area contributed by atoms with Crippen molar-refractivity contribution in [2.75, 3.05) is 0 Å². The third-order valence-corrected chi connectivity index (χ3v) is 7.65. The number of rotatable bonds is 10. The van der Waals surface area contributed by atoms with Gasteiger partial charge in [0.1, 0.15) is 11.7 Å². The van der Waals surface area contributed by atoms with Gasteiger partial charge >= 0.3 is 17.9 Å². The fourth-order valence-corrected chi connectivity index (χ4v) is 5.81. The van der Waals surface area contributed by atoms with E-state index in [-0.39, 0.29) is 29.9 Å². The van der Waals surface area contributed by atoms with Crippen LogP contribution in [0.3, 0.4) is 0 Å². The minimum absolute atomic E-state index is 0.0124. The van der Waals surface area contributed by atoms with Crippen molar-refractivity contribution in [2.45, 2.75) is 112 Å². The number of ether oxygens (including phenoxy) is 2. The topological polar surface area (TPSA) is 136 Å². The van der Waals surface area contributed by atoms with Crippen LogP contribution in [0, 0.1) is 33.3 Å². The Morgan fingerprint density at radius 2 is 1.50 bits per heavy atom. The Labute approximate surface area is 202 Å². The van der Waals surface area contributed by atoms with Crippen LogP contribution < -0.4 is 0 Å². The van der Waals surface area contributed by atoms with Crippen molar-refractivity contribution in [3.8, 4) is 0 Å². The van der Waals surface area contributed by atoms with Gasteiger partial charge in [-0.1, -0.05) is 6.92 Å². The molecule has 2 saturated carbocycles. The number of aliphatic carboxylic acids is 1. The van der Waals surface area contributed by atoms with Crippen LogP contribution in [0.4, 0.5) is 0 Å². The average Bonchev–Trinajstić information content (AvgIpc) is 3.27. The normalized spacial score (nSPS) is 28.3. The monoisotopic (exact) mass is 484 g/mol. The number of nitrogens with zero attached hydrogens (tertiary/aromatic N) is 1. The number of carboxylic acid groups (broad SMARTS) is 1. The first-order chi connectivity index (χ1) is 15.3. The second-order valence-corrected chi connectivity index (χ2v) is 12.5. The lowest BCUT2D eigenvalue weighted by atomic mass is 9.65. The SMILES string of the molecule is CCC(C)(CC(C)(CC(C)(C)C(=O)O)C(=O)OC(C)(C)C)C(=O)OC1C2CCC(C2)C1N([O-])O. The van der Waals surface area contributed by atoms with E-state index in [1.54, 1.807) is 48.5 Å². The molecule has 0 spiro atoms. The summed E-state index contributed by atoms with van der Waals surface area (Å²) >= 11 is 0. The molecule has 2 fully saturated rings. The predicted octanol–water partition coefficient (Wildman–Crippen LogP) is 4.54. The molecular weight excluding hydrogens is 442 g/mol. The molecule has 2 N–H and O–H groups in total. The molecule has 0 aromatic heterocycles. The Morgan fingerprint density at radius 3 is 1.97 bits per heavy atom. The molecule has 9 nitrogen and oxygen atoms in total. The second-order valence-electron chi connectivity index (χ2n) is 12.5. The van der Waals surface area contributed by atoms with Crippen molar-refractivity contribution in [1.29, 1.82) is 0 Å². The number of carbonyl (C=O) groups is 3. The van der Waals surface area contributed by atoms with E-state index < -0.39 is 51.9 Å². The number of esters is 2. The van der Waals surface area contributed by atoms with Gasteiger partial charge in [0, 0.05) is 0 Å². The van der Waals surface area contributed by atoms with Gasteiger partial charge in [-0.25, -0.2) is 0 Å². The van der Waals surface area contributed by atoms with E-state index in [0.717, 1.165) is 19.3 Å². The molecule has 2 aliphatic rings. The van der Waals surface area contributed by atoms with Gasteiger partial charge in [-0.15, -0.1) is 0 Å². The Kier molecular flexibility index (Phi) is 8.17. The molecule has 2 aliphatic carbocycles. The summed E-state index contributed by atoms with van der Waals surface area (Å²) < 4.78 is 11.5. The molecule has 0 saturated heterocycles. The quantitative estimate of drug-likeness (QED) is 0.338. The van der Waals surface area contributed by atoms with E-state index in [4.69, 9.17) is 9.47 Å². The maximum atomic E-state index is 13.5. The highest BCUT2D eigenvalue weighted by Crippen LogP contribution is 2.50. The summed E-state index contributed by atoms with van der Waals surface area (Å²) in [7, 11) is 0. The Morgan fingerprint density at radius 1 is 0.941 bits per heavy atom. The number of hydroxylamine groups is 2. The highest BCUT2D eigenvalue weighted by molar-refractivity contribution is 5.82. The van der Waals surface area contributed by atoms with Crippen molar-refractivity contribution in [3.63, 3.8) is 0 Å². The van der Waals surface area contributed by atoms with Crippen molar-refractivity contribution < 1.29 is 34.2 Å². The van der Waals surface area contributed by atoms with Gasteiger partial charge in [0.2, 0.25) is 0 Å². The average molecular weight is 485 g/mol. The van der Waals surface area contributed by atoms with E-state index in [2.05, 4.69) is 0 Å². The summed E-state index contributed by atoms with van der Waals surface area (Å²) in [5, 5.41) is 31.1. The molecule has 0 aromatic rings. The van der Waals surface area contributed by atoms with Crippen LogP contribution in [0.2, 0.25) is 0 Å². The van der Waals surface area contributed by atoms with Crippen LogP contribution >= 0.6 is 0 Å².